The molecule has 1 aliphatic rings. The maximum Gasteiger partial charge on any atom is 0.254 e. The number of aromatic nitrogens is 6. The highest BCUT2D eigenvalue weighted by Gasteiger charge is 2.24. The van der Waals surface area contributed by atoms with E-state index in [2.05, 4.69) is 31.7 Å². The van der Waals surface area contributed by atoms with Crippen LogP contribution in [0.4, 0.5) is 10.1 Å². The van der Waals surface area contributed by atoms with Crippen molar-refractivity contribution in [3.05, 3.63) is 105 Å². The lowest BCUT2D eigenvalue weighted by atomic mass is 9.95. The fourth-order valence-corrected chi connectivity index (χ4v) is 5.59. The molecular weight excluding hydrogens is 606 g/mol. The third-order valence-corrected chi connectivity index (χ3v) is 8.08. The van der Waals surface area contributed by atoms with Crippen molar-refractivity contribution in [2.45, 2.75) is 32.2 Å². The van der Waals surface area contributed by atoms with Crippen molar-refractivity contribution in [2.75, 3.05) is 5.32 Å². The molecule has 1 N–H and O–H groups in total. The first-order valence-electron chi connectivity index (χ1n) is 13.7. The highest BCUT2D eigenvalue weighted by molar-refractivity contribution is 6.31. The van der Waals surface area contributed by atoms with Gasteiger partial charge in [0, 0.05) is 29.4 Å². The number of nitrogens with zero attached hydrogens (tertiary/aromatic N) is 7. The van der Waals surface area contributed by atoms with Gasteiger partial charge in [0.15, 0.2) is 11.0 Å². The Labute approximate surface area is 260 Å². The minimum absolute atomic E-state index is 0.0353. The number of rotatable bonds is 3. The Morgan fingerprint density at radius 2 is 1.91 bits per heavy atom. The molecule has 0 unspecified atom stereocenters. The van der Waals surface area contributed by atoms with Crippen LogP contribution in [0.15, 0.2) is 72.0 Å². The number of halogens is 3. The van der Waals surface area contributed by atoms with Crippen LogP contribution in [-0.4, -0.2) is 35.4 Å². The molecule has 0 saturated heterocycles. The predicted molar refractivity (Wildman–Crippen MR) is 163 cm³/mol. The molecule has 220 valence electrons. The monoisotopic (exact) mass is 628 g/mol. The summed E-state index contributed by atoms with van der Waals surface area (Å²) < 4.78 is 18.2. The Morgan fingerprint density at radius 3 is 2.66 bits per heavy atom. The number of carbonyl (C=O) groups is 1. The molecule has 10 nitrogen and oxygen atoms in total. The Morgan fingerprint density at radius 1 is 1.07 bits per heavy atom. The van der Waals surface area contributed by atoms with Crippen LogP contribution in [0.5, 0.6) is 0 Å². The molecule has 0 fully saturated rings. The quantitative estimate of drug-likeness (QED) is 0.251. The van der Waals surface area contributed by atoms with E-state index in [9.17, 15) is 14.9 Å². The molecule has 5 aromatic rings. The highest BCUT2D eigenvalue weighted by atomic mass is 35.5. The van der Waals surface area contributed by atoms with Crippen LogP contribution in [-0.2, 0) is 4.79 Å². The van der Waals surface area contributed by atoms with Gasteiger partial charge in [-0.05, 0) is 60.9 Å². The van der Waals surface area contributed by atoms with E-state index in [4.69, 9.17) is 23.2 Å². The van der Waals surface area contributed by atoms with Gasteiger partial charge in [-0.15, -0.1) is 5.10 Å². The van der Waals surface area contributed by atoms with Crippen LogP contribution in [0.1, 0.15) is 43.5 Å². The second-order valence-corrected chi connectivity index (χ2v) is 11.2. The largest absolute Gasteiger partial charge is 0.325 e. The molecule has 13 heteroatoms. The van der Waals surface area contributed by atoms with Gasteiger partial charge in [0.2, 0.25) is 5.91 Å². The number of fused-ring (bicyclic) bond motifs is 4. The molecule has 6 rings (SSSR count). The van der Waals surface area contributed by atoms with Crippen molar-refractivity contribution in [3.63, 3.8) is 0 Å². The fraction of sp³-hybridized carbons (Fsp3) is 0.194. The van der Waals surface area contributed by atoms with Crippen LogP contribution in [0.3, 0.4) is 0 Å². The van der Waals surface area contributed by atoms with Gasteiger partial charge in [-0.25, -0.2) is 14.1 Å². The van der Waals surface area contributed by atoms with E-state index in [0.29, 0.717) is 41.8 Å². The summed E-state index contributed by atoms with van der Waals surface area (Å²) in [6.45, 7) is 1.85. The lowest BCUT2D eigenvalue weighted by Crippen LogP contribution is -2.27. The number of nitrogens with one attached hydrogen (secondary N) is 1. The molecule has 0 aliphatic carbocycles. The van der Waals surface area contributed by atoms with Crippen LogP contribution >= 0.6 is 23.2 Å². The van der Waals surface area contributed by atoms with Crippen LogP contribution in [0.25, 0.3) is 28.1 Å². The summed E-state index contributed by atoms with van der Waals surface area (Å²) in [4.78, 5) is 35.8. The average Bonchev–Trinajstić information content (AvgIpc) is 3.46. The van der Waals surface area contributed by atoms with E-state index in [0.717, 1.165) is 5.56 Å². The predicted octanol–water partition coefficient (Wildman–Crippen LogP) is 6.22. The summed E-state index contributed by atoms with van der Waals surface area (Å²) in [5.41, 5.74) is 2.80. The molecule has 4 heterocycles. The van der Waals surface area contributed by atoms with Crippen molar-refractivity contribution in [2.24, 2.45) is 5.92 Å². The number of carbonyl (C=O) groups excluding carboxylic acids is 1. The zero-order chi connectivity index (χ0) is 31.0. The van der Waals surface area contributed by atoms with Gasteiger partial charge in [-0.1, -0.05) is 41.8 Å². The number of anilines is 1. The van der Waals surface area contributed by atoms with Crippen molar-refractivity contribution >= 4 is 34.8 Å². The first-order valence-corrected chi connectivity index (χ1v) is 14.4. The summed E-state index contributed by atoms with van der Waals surface area (Å²) in [6.07, 6.45) is 6.04. The molecule has 1 aliphatic heterocycles. The summed E-state index contributed by atoms with van der Waals surface area (Å²) >= 11 is 12.1. The number of hydrogen-bond acceptors (Lipinski definition) is 7. The van der Waals surface area contributed by atoms with E-state index in [-0.39, 0.29) is 38.9 Å². The molecule has 1 amide bonds. The summed E-state index contributed by atoms with van der Waals surface area (Å²) in [5, 5.41) is 20.1. The number of nitriles is 1. The van der Waals surface area contributed by atoms with Crippen LogP contribution in [0, 0.1) is 23.1 Å². The van der Waals surface area contributed by atoms with Crippen molar-refractivity contribution in [3.8, 4) is 34.1 Å². The first-order chi connectivity index (χ1) is 21.2. The summed E-state index contributed by atoms with van der Waals surface area (Å²) in [5.74, 6) is -1.22. The number of amides is 1. The standard InChI is InChI=1S/C31H23Cl2FN8O2/c1-17-3-2-4-25(23-12-19(9-10-36-23)20-11-18(14-35)5-7-22(20)38-31(17)44)41-16-37-24(13-28(41)43)29-26(8-6-21(32)30(29)34)42-15-27(33)39-40-42/h5-13,15-17,25H,2-4H2,1H3,(H,38,44)/t17-,25+/m1/s1. The fourth-order valence-electron chi connectivity index (χ4n) is 5.31. The number of benzene rings is 2. The van der Waals surface area contributed by atoms with Gasteiger partial charge in [0.1, 0.15) is 0 Å². The van der Waals surface area contributed by atoms with Gasteiger partial charge in [-0.2, -0.15) is 5.26 Å². The van der Waals surface area contributed by atoms with Crippen molar-refractivity contribution in [1.29, 1.82) is 5.26 Å². The minimum atomic E-state index is -0.775. The maximum atomic E-state index is 15.4. The maximum absolute atomic E-state index is 15.4. The zero-order valence-electron chi connectivity index (χ0n) is 23.2. The number of hydrogen-bond donors (Lipinski definition) is 1. The molecule has 0 spiro atoms. The highest BCUT2D eigenvalue weighted by Crippen LogP contribution is 2.35. The minimum Gasteiger partial charge on any atom is -0.325 e. The third-order valence-electron chi connectivity index (χ3n) is 7.62. The zero-order valence-corrected chi connectivity index (χ0v) is 24.7. The van der Waals surface area contributed by atoms with Gasteiger partial charge in [0.25, 0.3) is 5.56 Å². The van der Waals surface area contributed by atoms with Gasteiger partial charge in [-0.3, -0.25) is 19.1 Å². The van der Waals surface area contributed by atoms with Crippen molar-refractivity contribution in [1.82, 2.24) is 29.5 Å². The molecule has 2 atom stereocenters. The van der Waals surface area contributed by atoms with E-state index < -0.39 is 17.4 Å². The molecule has 0 saturated carbocycles. The molecule has 3 aromatic heterocycles. The summed E-state index contributed by atoms with van der Waals surface area (Å²) in [6, 6.07) is 14.4. The number of pyridine rings is 1. The Bertz CT molecular complexity index is 2020. The smallest absolute Gasteiger partial charge is 0.254 e. The van der Waals surface area contributed by atoms with Gasteiger partial charge in [0.05, 0.1) is 57.9 Å². The average molecular weight is 629 g/mol. The van der Waals surface area contributed by atoms with E-state index in [1.807, 2.05) is 13.0 Å². The van der Waals surface area contributed by atoms with E-state index in [1.165, 1.54) is 40.0 Å². The lowest BCUT2D eigenvalue weighted by Gasteiger charge is -2.23. The third kappa shape index (κ3) is 5.57. The molecule has 0 radical (unpaired) electrons. The Hall–Kier alpha value is -4.92. The second-order valence-electron chi connectivity index (χ2n) is 10.4. The Balaban J connectivity index is 1.46. The normalized spacial score (nSPS) is 16.7. The lowest BCUT2D eigenvalue weighted by molar-refractivity contribution is -0.119. The van der Waals surface area contributed by atoms with E-state index in [1.54, 1.807) is 30.5 Å². The molecule has 44 heavy (non-hydrogen) atoms. The van der Waals surface area contributed by atoms with Crippen LogP contribution in [0.2, 0.25) is 10.2 Å². The molecule has 2 bridgehead atoms. The molecular formula is C31H23Cl2FN8O2. The van der Waals surface area contributed by atoms with Crippen LogP contribution < -0.4 is 10.9 Å². The first kappa shape index (κ1) is 29.2. The van der Waals surface area contributed by atoms with Crippen molar-refractivity contribution < 1.29 is 9.18 Å². The second kappa shape index (κ2) is 12.0. The molecule has 2 aromatic carbocycles. The topological polar surface area (TPSA) is 131 Å². The SMILES string of the molecule is C[C@@H]1CCC[C@H](n2cnc(-c3c(-n4cc(Cl)nn4)ccc(Cl)c3F)cc2=O)c2cc(ccn2)-c2cc(C#N)ccc2NC1=O. The Kier molecular flexibility index (Phi) is 7.95. The van der Waals surface area contributed by atoms with Gasteiger partial charge < -0.3 is 5.32 Å². The van der Waals surface area contributed by atoms with Gasteiger partial charge >= 0.3 is 0 Å². The van der Waals surface area contributed by atoms with E-state index >= 15 is 4.39 Å². The summed E-state index contributed by atoms with van der Waals surface area (Å²) in [7, 11) is 0.